The third kappa shape index (κ3) is 3.03. The summed E-state index contributed by atoms with van der Waals surface area (Å²) < 4.78 is 4.95. The van der Waals surface area contributed by atoms with Crippen molar-refractivity contribution in [1.82, 2.24) is 9.88 Å². The molecule has 1 aromatic heterocycles. The monoisotopic (exact) mass is 220 g/mol. The minimum Gasteiger partial charge on any atom is -0.408 e. The molecule has 4 nitrogen and oxygen atoms in total. The summed E-state index contributed by atoms with van der Waals surface area (Å²) in [7, 11) is 0. The number of pyridine rings is 1. The molecule has 0 saturated carbocycles. The lowest BCUT2D eigenvalue weighted by atomic mass is 10.3. The lowest BCUT2D eigenvalue weighted by molar-refractivity contribution is -0.132. The summed E-state index contributed by atoms with van der Waals surface area (Å²) in [5, 5.41) is 0. The van der Waals surface area contributed by atoms with E-state index in [1.165, 1.54) is 19.8 Å². The van der Waals surface area contributed by atoms with Gasteiger partial charge in [0.15, 0.2) is 0 Å². The Morgan fingerprint density at radius 1 is 1.44 bits per heavy atom. The Balaban J connectivity index is 2.00. The van der Waals surface area contributed by atoms with Gasteiger partial charge in [-0.3, -0.25) is 9.69 Å². The van der Waals surface area contributed by atoms with Crippen LogP contribution in [0.5, 0.6) is 5.88 Å². The van der Waals surface area contributed by atoms with Crippen LogP contribution in [0.25, 0.3) is 0 Å². The summed E-state index contributed by atoms with van der Waals surface area (Å²) in [4.78, 5) is 17.4. The standard InChI is InChI=1S/C12H16N2O2/c1-10(15)16-12-6-4-5-11(13-12)9-14-7-2-3-8-14/h4-6H,2-3,7-9H2,1H3. The van der Waals surface area contributed by atoms with E-state index in [4.69, 9.17) is 4.74 Å². The van der Waals surface area contributed by atoms with E-state index in [1.54, 1.807) is 6.07 Å². The Labute approximate surface area is 95.2 Å². The second-order valence-corrected chi connectivity index (χ2v) is 4.04. The van der Waals surface area contributed by atoms with Crippen molar-refractivity contribution < 1.29 is 9.53 Å². The molecule has 0 aliphatic carbocycles. The van der Waals surface area contributed by atoms with E-state index < -0.39 is 0 Å². The van der Waals surface area contributed by atoms with Gasteiger partial charge in [-0.15, -0.1) is 0 Å². The molecule has 1 aliphatic heterocycles. The highest BCUT2D eigenvalue weighted by atomic mass is 16.5. The first-order valence-electron chi connectivity index (χ1n) is 5.61. The summed E-state index contributed by atoms with van der Waals surface area (Å²) in [5.41, 5.74) is 0.959. The molecule has 1 saturated heterocycles. The van der Waals surface area contributed by atoms with Crippen molar-refractivity contribution in [2.45, 2.75) is 26.3 Å². The first-order valence-corrected chi connectivity index (χ1v) is 5.61. The number of carbonyl (C=O) groups excluding carboxylic acids is 1. The smallest absolute Gasteiger partial charge is 0.309 e. The Morgan fingerprint density at radius 3 is 2.88 bits per heavy atom. The van der Waals surface area contributed by atoms with Gasteiger partial charge in [-0.2, -0.15) is 0 Å². The number of nitrogens with zero attached hydrogens (tertiary/aromatic N) is 2. The van der Waals surface area contributed by atoms with Gasteiger partial charge in [-0.25, -0.2) is 4.98 Å². The van der Waals surface area contributed by atoms with E-state index in [0.717, 1.165) is 25.3 Å². The minimum atomic E-state index is -0.328. The van der Waals surface area contributed by atoms with Gasteiger partial charge in [0.2, 0.25) is 5.88 Å². The summed E-state index contributed by atoms with van der Waals surface area (Å²) in [6.45, 7) is 4.50. The van der Waals surface area contributed by atoms with Crippen molar-refractivity contribution in [3.05, 3.63) is 23.9 Å². The third-order valence-electron chi connectivity index (χ3n) is 2.61. The van der Waals surface area contributed by atoms with Crippen LogP contribution in [-0.2, 0) is 11.3 Å². The largest absolute Gasteiger partial charge is 0.408 e. The van der Waals surface area contributed by atoms with Crippen molar-refractivity contribution >= 4 is 5.97 Å². The molecule has 0 atom stereocenters. The topological polar surface area (TPSA) is 42.4 Å². The number of likely N-dealkylation sites (tertiary alicyclic amines) is 1. The Kier molecular flexibility index (Phi) is 3.51. The molecule has 1 aliphatic rings. The lowest BCUT2D eigenvalue weighted by Crippen LogP contribution is -2.19. The molecule has 0 N–H and O–H groups in total. The molecular formula is C12H16N2O2. The zero-order valence-corrected chi connectivity index (χ0v) is 9.48. The normalized spacial score (nSPS) is 16.3. The van der Waals surface area contributed by atoms with E-state index in [0.29, 0.717) is 5.88 Å². The van der Waals surface area contributed by atoms with Gasteiger partial charge in [0, 0.05) is 19.5 Å². The molecule has 0 bridgehead atoms. The van der Waals surface area contributed by atoms with E-state index in [1.807, 2.05) is 12.1 Å². The van der Waals surface area contributed by atoms with Crippen molar-refractivity contribution in [3.63, 3.8) is 0 Å². The van der Waals surface area contributed by atoms with Gasteiger partial charge in [0.1, 0.15) is 0 Å². The predicted molar refractivity (Wildman–Crippen MR) is 60.1 cm³/mol. The molecule has 0 radical (unpaired) electrons. The fourth-order valence-electron chi connectivity index (χ4n) is 1.92. The number of hydrogen-bond acceptors (Lipinski definition) is 4. The average molecular weight is 220 g/mol. The number of esters is 1. The number of hydrogen-bond donors (Lipinski definition) is 0. The molecule has 0 unspecified atom stereocenters. The van der Waals surface area contributed by atoms with Crippen LogP contribution < -0.4 is 4.74 Å². The minimum absolute atomic E-state index is 0.328. The lowest BCUT2D eigenvalue weighted by Gasteiger charge is -2.13. The molecule has 4 heteroatoms. The van der Waals surface area contributed by atoms with Crippen LogP contribution in [0.4, 0.5) is 0 Å². The van der Waals surface area contributed by atoms with Crippen molar-refractivity contribution in [2.24, 2.45) is 0 Å². The number of carbonyl (C=O) groups is 1. The van der Waals surface area contributed by atoms with E-state index in [9.17, 15) is 4.79 Å². The van der Waals surface area contributed by atoms with Crippen LogP contribution in [0.2, 0.25) is 0 Å². The maximum Gasteiger partial charge on any atom is 0.309 e. The van der Waals surface area contributed by atoms with Gasteiger partial charge >= 0.3 is 5.97 Å². The number of ether oxygens (including phenoxy) is 1. The zero-order chi connectivity index (χ0) is 11.4. The number of aromatic nitrogens is 1. The van der Waals surface area contributed by atoms with Gasteiger partial charge in [0.25, 0.3) is 0 Å². The first kappa shape index (κ1) is 11.1. The Bertz CT molecular complexity index is 373. The molecule has 2 rings (SSSR count). The van der Waals surface area contributed by atoms with Crippen LogP contribution in [0.1, 0.15) is 25.5 Å². The summed E-state index contributed by atoms with van der Waals surface area (Å²) in [6.07, 6.45) is 2.53. The molecule has 0 spiro atoms. The SMILES string of the molecule is CC(=O)Oc1cccc(CN2CCCC2)n1. The van der Waals surface area contributed by atoms with Crippen molar-refractivity contribution in [2.75, 3.05) is 13.1 Å². The van der Waals surface area contributed by atoms with Crippen molar-refractivity contribution in [1.29, 1.82) is 0 Å². The van der Waals surface area contributed by atoms with Crippen LogP contribution in [0, 0.1) is 0 Å². The molecule has 0 aromatic carbocycles. The summed E-state index contributed by atoms with van der Waals surface area (Å²) in [5.74, 6) is 0.0648. The molecule has 16 heavy (non-hydrogen) atoms. The highest BCUT2D eigenvalue weighted by molar-refractivity contribution is 5.68. The zero-order valence-electron chi connectivity index (χ0n) is 9.48. The second kappa shape index (κ2) is 5.07. The molecule has 2 heterocycles. The van der Waals surface area contributed by atoms with Gasteiger partial charge in [-0.05, 0) is 32.0 Å². The van der Waals surface area contributed by atoms with Crippen LogP contribution in [-0.4, -0.2) is 28.9 Å². The second-order valence-electron chi connectivity index (χ2n) is 4.04. The maximum absolute atomic E-state index is 10.8. The fourth-order valence-corrected chi connectivity index (χ4v) is 1.92. The van der Waals surface area contributed by atoms with Crippen LogP contribution >= 0.6 is 0 Å². The molecule has 86 valence electrons. The quantitative estimate of drug-likeness (QED) is 0.726. The molecule has 1 aromatic rings. The maximum atomic E-state index is 10.8. The summed E-state index contributed by atoms with van der Waals surface area (Å²) >= 11 is 0. The van der Waals surface area contributed by atoms with E-state index in [2.05, 4.69) is 9.88 Å². The van der Waals surface area contributed by atoms with E-state index >= 15 is 0 Å². The average Bonchev–Trinajstić information content (AvgIpc) is 2.70. The summed E-state index contributed by atoms with van der Waals surface area (Å²) in [6, 6.07) is 5.54. The molecule has 1 fully saturated rings. The van der Waals surface area contributed by atoms with E-state index in [-0.39, 0.29) is 5.97 Å². The third-order valence-corrected chi connectivity index (χ3v) is 2.61. The van der Waals surface area contributed by atoms with Gasteiger partial charge in [-0.1, -0.05) is 6.07 Å². The Morgan fingerprint density at radius 2 is 2.19 bits per heavy atom. The molecular weight excluding hydrogens is 204 g/mol. The van der Waals surface area contributed by atoms with Crippen LogP contribution in [0.3, 0.4) is 0 Å². The predicted octanol–water partition coefficient (Wildman–Crippen LogP) is 1.60. The van der Waals surface area contributed by atoms with Crippen molar-refractivity contribution in [3.8, 4) is 5.88 Å². The van der Waals surface area contributed by atoms with Gasteiger partial charge in [0.05, 0.1) is 5.69 Å². The molecule has 0 amide bonds. The van der Waals surface area contributed by atoms with Crippen LogP contribution in [0.15, 0.2) is 18.2 Å². The van der Waals surface area contributed by atoms with Gasteiger partial charge < -0.3 is 4.74 Å². The first-order chi connectivity index (χ1) is 7.74. The fraction of sp³-hybridized carbons (Fsp3) is 0.500. The highest BCUT2D eigenvalue weighted by Crippen LogP contribution is 2.13. The highest BCUT2D eigenvalue weighted by Gasteiger charge is 2.12. The Hall–Kier alpha value is -1.42. The number of rotatable bonds is 3.